The Kier molecular flexibility index (Phi) is 2.58. The highest BCUT2D eigenvalue weighted by atomic mass is 32.2. The van der Waals surface area contributed by atoms with Gasteiger partial charge in [-0.2, -0.15) is 4.36 Å². The zero-order valence-electron chi connectivity index (χ0n) is 7.75. The van der Waals surface area contributed by atoms with Crippen LogP contribution in [-0.4, -0.2) is 16.7 Å². The third-order valence-corrected chi connectivity index (χ3v) is 2.92. The molecule has 1 rings (SSSR count). The number of aryl methyl sites for hydroxylation is 2. The molecular weight excluding hydrogens is 190 g/mol. The molecule has 12 heavy (non-hydrogen) atoms. The van der Waals surface area contributed by atoms with E-state index in [1.165, 1.54) is 4.88 Å². The Hall–Kier alpha value is -0.350. The third-order valence-electron chi connectivity index (χ3n) is 1.33. The van der Waals surface area contributed by atoms with Crippen molar-refractivity contribution in [2.24, 2.45) is 4.36 Å². The lowest BCUT2D eigenvalue weighted by molar-refractivity contribution is 0.684. The summed E-state index contributed by atoms with van der Waals surface area (Å²) in [4.78, 5) is 2.36. The van der Waals surface area contributed by atoms with Crippen molar-refractivity contribution in [3.8, 4) is 0 Å². The molecule has 0 aliphatic heterocycles. The summed E-state index contributed by atoms with van der Waals surface area (Å²) in [5, 5.41) is 0. The van der Waals surface area contributed by atoms with E-state index in [4.69, 9.17) is 0 Å². The average Bonchev–Trinajstić information content (AvgIpc) is 2.06. The molecule has 68 valence electrons. The van der Waals surface area contributed by atoms with Crippen LogP contribution in [-0.2, 0) is 9.73 Å². The second-order valence-electron chi connectivity index (χ2n) is 3.07. The van der Waals surface area contributed by atoms with E-state index >= 15 is 0 Å². The molecule has 0 radical (unpaired) electrons. The fraction of sp³-hybridized carbons (Fsp3) is 0.500. The molecule has 1 aromatic rings. The Labute approximate surface area is 77.8 Å². The molecule has 1 aromatic heterocycles. The predicted molar refractivity (Wildman–Crippen MR) is 55.9 cm³/mol. The summed E-state index contributed by atoms with van der Waals surface area (Å²) in [6.07, 6.45) is 3.30. The molecule has 0 N–H and O–H groups in total. The van der Waals surface area contributed by atoms with Gasteiger partial charge in [-0.05, 0) is 19.9 Å². The zero-order chi connectivity index (χ0) is 9.35. The molecule has 0 saturated carbocycles. The summed E-state index contributed by atoms with van der Waals surface area (Å²) in [7, 11) is -2.00. The van der Waals surface area contributed by atoms with Crippen LogP contribution in [0.2, 0.25) is 0 Å². The Morgan fingerprint density at radius 3 is 2.33 bits per heavy atom. The first kappa shape index (κ1) is 9.74. The maximum atomic E-state index is 11.4. The highest BCUT2D eigenvalue weighted by Gasteiger charge is 2.01. The first-order valence-electron chi connectivity index (χ1n) is 3.62. The molecule has 0 aliphatic rings. The average molecular weight is 203 g/mol. The minimum atomic E-state index is -2.00. The fourth-order valence-electron chi connectivity index (χ4n) is 0.945. The van der Waals surface area contributed by atoms with Gasteiger partial charge in [0, 0.05) is 32.0 Å². The molecule has 0 aliphatic carbocycles. The predicted octanol–water partition coefficient (Wildman–Crippen LogP) is 2.72. The quantitative estimate of drug-likeness (QED) is 0.690. The van der Waals surface area contributed by atoms with Crippen molar-refractivity contribution in [1.82, 2.24) is 0 Å². The van der Waals surface area contributed by atoms with Crippen molar-refractivity contribution < 1.29 is 4.21 Å². The van der Waals surface area contributed by atoms with E-state index in [-0.39, 0.29) is 0 Å². The molecule has 0 fully saturated rings. The van der Waals surface area contributed by atoms with E-state index in [0.717, 1.165) is 10.6 Å². The fourth-order valence-corrected chi connectivity index (χ4v) is 2.53. The van der Waals surface area contributed by atoms with Crippen molar-refractivity contribution in [3.05, 3.63) is 15.8 Å². The smallest absolute Gasteiger partial charge is 0.0868 e. The van der Waals surface area contributed by atoms with E-state index in [0.29, 0.717) is 0 Å². The normalized spacial score (nSPS) is 11.7. The minimum Gasteiger partial charge on any atom is -0.250 e. The van der Waals surface area contributed by atoms with Gasteiger partial charge in [0.25, 0.3) is 0 Å². The summed E-state index contributed by atoms with van der Waals surface area (Å²) >= 11 is 1.69. The zero-order valence-corrected chi connectivity index (χ0v) is 9.38. The van der Waals surface area contributed by atoms with Crippen LogP contribution in [0.25, 0.3) is 0 Å². The maximum Gasteiger partial charge on any atom is 0.0868 e. The molecule has 0 amide bonds. The van der Waals surface area contributed by atoms with Crippen LogP contribution in [0.15, 0.2) is 10.4 Å². The number of thiophene rings is 1. The van der Waals surface area contributed by atoms with Gasteiger partial charge in [-0.3, -0.25) is 0 Å². The lowest BCUT2D eigenvalue weighted by Gasteiger charge is -1.93. The van der Waals surface area contributed by atoms with Gasteiger partial charge in [0.1, 0.15) is 0 Å². The Bertz CT molecular complexity index is 389. The van der Waals surface area contributed by atoms with Crippen LogP contribution in [0.3, 0.4) is 0 Å². The highest BCUT2D eigenvalue weighted by Crippen LogP contribution is 2.28. The molecule has 0 atom stereocenters. The van der Waals surface area contributed by atoms with E-state index in [2.05, 4.69) is 4.36 Å². The van der Waals surface area contributed by atoms with Gasteiger partial charge in [0.05, 0.1) is 5.69 Å². The number of hydrogen-bond acceptors (Lipinski definition) is 3. The summed E-state index contributed by atoms with van der Waals surface area (Å²) in [5.41, 5.74) is 0.882. The van der Waals surface area contributed by atoms with Crippen LogP contribution >= 0.6 is 11.3 Å². The van der Waals surface area contributed by atoms with Gasteiger partial charge in [0.15, 0.2) is 0 Å². The number of rotatable bonds is 1. The van der Waals surface area contributed by atoms with E-state index < -0.39 is 9.73 Å². The largest absolute Gasteiger partial charge is 0.250 e. The van der Waals surface area contributed by atoms with Crippen molar-refractivity contribution in [3.63, 3.8) is 0 Å². The van der Waals surface area contributed by atoms with Crippen molar-refractivity contribution in [2.75, 3.05) is 12.5 Å². The van der Waals surface area contributed by atoms with Crippen LogP contribution in [0.1, 0.15) is 9.75 Å². The lowest BCUT2D eigenvalue weighted by Crippen LogP contribution is -1.88. The SMILES string of the molecule is Cc1cc(N=S(C)(C)=O)c(C)s1. The van der Waals surface area contributed by atoms with Crippen molar-refractivity contribution in [2.45, 2.75) is 13.8 Å². The molecule has 1 heterocycles. The monoisotopic (exact) mass is 203 g/mol. The molecule has 0 aromatic carbocycles. The first-order chi connectivity index (χ1) is 5.38. The van der Waals surface area contributed by atoms with E-state index in [1.54, 1.807) is 23.8 Å². The molecule has 0 saturated heterocycles. The van der Waals surface area contributed by atoms with Gasteiger partial charge in [0.2, 0.25) is 0 Å². The van der Waals surface area contributed by atoms with E-state index in [1.807, 2.05) is 19.9 Å². The molecule has 0 bridgehead atoms. The third kappa shape index (κ3) is 2.60. The summed E-state index contributed by atoms with van der Waals surface area (Å²) < 4.78 is 15.5. The molecule has 0 spiro atoms. The lowest BCUT2D eigenvalue weighted by atomic mass is 10.4. The number of nitrogens with zero attached hydrogens (tertiary/aromatic N) is 1. The Morgan fingerprint density at radius 2 is 2.00 bits per heavy atom. The van der Waals surface area contributed by atoms with Gasteiger partial charge in [-0.25, -0.2) is 4.21 Å². The first-order valence-corrected chi connectivity index (χ1v) is 6.77. The van der Waals surface area contributed by atoms with Gasteiger partial charge in [-0.15, -0.1) is 11.3 Å². The summed E-state index contributed by atoms with van der Waals surface area (Å²) in [6.45, 7) is 4.03. The van der Waals surface area contributed by atoms with Crippen molar-refractivity contribution in [1.29, 1.82) is 0 Å². The van der Waals surface area contributed by atoms with Gasteiger partial charge < -0.3 is 0 Å². The molecule has 0 unspecified atom stereocenters. The topological polar surface area (TPSA) is 29.4 Å². The van der Waals surface area contributed by atoms with Crippen LogP contribution < -0.4 is 0 Å². The molecular formula is C8H13NOS2. The highest BCUT2D eigenvalue weighted by molar-refractivity contribution is 7.92. The second-order valence-corrected chi connectivity index (χ2v) is 7.08. The number of hydrogen-bond donors (Lipinski definition) is 0. The molecule has 4 heteroatoms. The molecule has 2 nitrogen and oxygen atoms in total. The standard InChI is InChI=1S/C8H13NOS2/c1-6-5-8(7(2)11-6)9-12(3,4)10/h5H,1-4H3. The summed E-state index contributed by atoms with van der Waals surface area (Å²) in [6, 6.07) is 1.98. The Balaban J connectivity index is 3.22. The van der Waals surface area contributed by atoms with Gasteiger partial charge in [-0.1, -0.05) is 0 Å². The Morgan fingerprint density at radius 1 is 1.42 bits per heavy atom. The van der Waals surface area contributed by atoms with Crippen LogP contribution in [0, 0.1) is 13.8 Å². The van der Waals surface area contributed by atoms with Crippen LogP contribution in [0.4, 0.5) is 5.69 Å². The van der Waals surface area contributed by atoms with Gasteiger partial charge >= 0.3 is 0 Å². The minimum absolute atomic E-state index is 0.882. The van der Waals surface area contributed by atoms with Crippen molar-refractivity contribution >= 4 is 26.8 Å². The maximum absolute atomic E-state index is 11.4. The summed E-state index contributed by atoms with van der Waals surface area (Å²) in [5.74, 6) is 0. The van der Waals surface area contributed by atoms with E-state index in [9.17, 15) is 4.21 Å². The second kappa shape index (κ2) is 3.18. The van der Waals surface area contributed by atoms with Crippen LogP contribution in [0.5, 0.6) is 0 Å².